The van der Waals surface area contributed by atoms with E-state index >= 15 is 0 Å². The molecule has 3 aromatic heterocycles. The standard InChI is InChI=1S/C17H13N3O2S/c21-14-8-16(19-10-12-3-2-6-23-12)22-15(14)7-11-9-20-17-13(11)4-1-5-18-17/h1-9,19H,10H2,(H,18,20)/b15-7+. The molecular formula is C17H13N3O2S. The fraction of sp³-hybridized carbons (Fsp3) is 0.0588. The van der Waals surface area contributed by atoms with E-state index in [1.165, 1.54) is 11.0 Å². The van der Waals surface area contributed by atoms with Crippen LogP contribution in [0.3, 0.4) is 0 Å². The van der Waals surface area contributed by atoms with Crippen molar-refractivity contribution < 1.29 is 9.53 Å². The third-order valence-corrected chi connectivity index (χ3v) is 4.39. The largest absolute Gasteiger partial charge is 0.437 e. The summed E-state index contributed by atoms with van der Waals surface area (Å²) in [5.41, 5.74) is 1.66. The number of ketones is 1. The van der Waals surface area contributed by atoms with Crippen molar-refractivity contribution in [3.05, 3.63) is 70.2 Å². The average molecular weight is 323 g/mol. The van der Waals surface area contributed by atoms with Gasteiger partial charge in [-0.15, -0.1) is 11.3 Å². The third-order valence-electron chi connectivity index (χ3n) is 3.51. The predicted molar refractivity (Wildman–Crippen MR) is 89.4 cm³/mol. The van der Waals surface area contributed by atoms with Crippen LogP contribution in [0.25, 0.3) is 17.1 Å². The number of carbonyl (C=O) groups excluding carboxylic acids is 1. The molecule has 4 heterocycles. The average Bonchev–Trinajstić information content (AvgIpc) is 3.28. The first-order chi connectivity index (χ1) is 11.3. The minimum Gasteiger partial charge on any atom is -0.437 e. The summed E-state index contributed by atoms with van der Waals surface area (Å²) in [7, 11) is 0. The van der Waals surface area contributed by atoms with Crippen LogP contribution in [0.1, 0.15) is 10.4 Å². The number of thiophene rings is 1. The number of aromatic amines is 1. The summed E-state index contributed by atoms with van der Waals surface area (Å²) in [6, 6.07) is 7.84. The number of carbonyl (C=O) groups is 1. The Balaban J connectivity index is 1.51. The molecule has 0 unspecified atom stereocenters. The van der Waals surface area contributed by atoms with Crippen LogP contribution in [0, 0.1) is 0 Å². The molecule has 0 aromatic carbocycles. The molecule has 0 bridgehead atoms. The Kier molecular flexibility index (Phi) is 3.44. The minimum absolute atomic E-state index is 0.142. The molecule has 1 aliphatic heterocycles. The van der Waals surface area contributed by atoms with Crippen LogP contribution in [0.2, 0.25) is 0 Å². The van der Waals surface area contributed by atoms with Gasteiger partial charge in [-0.05, 0) is 29.7 Å². The molecule has 6 heteroatoms. The first-order valence-corrected chi connectivity index (χ1v) is 8.01. The summed E-state index contributed by atoms with van der Waals surface area (Å²) in [6.45, 7) is 0.640. The lowest BCUT2D eigenvalue weighted by Crippen LogP contribution is -2.11. The molecular weight excluding hydrogens is 310 g/mol. The maximum absolute atomic E-state index is 12.1. The second kappa shape index (κ2) is 5.73. The van der Waals surface area contributed by atoms with E-state index in [-0.39, 0.29) is 5.78 Å². The van der Waals surface area contributed by atoms with E-state index in [2.05, 4.69) is 15.3 Å². The number of allylic oxidation sites excluding steroid dienone is 1. The second-order valence-electron chi connectivity index (χ2n) is 5.06. The molecule has 0 amide bonds. The molecule has 3 aromatic rings. The van der Waals surface area contributed by atoms with Gasteiger partial charge in [0, 0.05) is 34.3 Å². The summed E-state index contributed by atoms with van der Waals surface area (Å²) in [5.74, 6) is 0.646. The van der Waals surface area contributed by atoms with Gasteiger partial charge in [0.05, 0.1) is 6.54 Å². The topological polar surface area (TPSA) is 67.0 Å². The SMILES string of the molecule is O=C1C=C(NCc2cccs2)O/C1=C/c1c[nH]c2ncccc12. The van der Waals surface area contributed by atoms with Crippen LogP contribution in [0.5, 0.6) is 0 Å². The van der Waals surface area contributed by atoms with E-state index in [1.807, 2.05) is 35.8 Å². The van der Waals surface area contributed by atoms with Gasteiger partial charge in [0.15, 0.2) is 11.6 Å². The highest BCUT2D eigenvalue weighted by Gasteiger charge is 2.21. The maximum atomic E-state index is 12.1. The second-order valence-corrected chi connectivity index (χ2v) is 6.09. The van der Waals surface area contributed by atoms with Crippen LogP contribution >= 0.6 is 11.3 Å². The monoisotopic (exact) mass is 323 g/mol. The van der Waals surface area contributed by atoms with Crippen molar-refractivity contribution in [2.75, 3.05) is 0 Å². The van der Waals surface area contributed by atoms with Gasteiger partial charge >= 0.3 is 0 Å². The van der Waals surface area contributed by atoms with Gasteiger partial charge in [-0.3, -0.25) is 4.79 Å². The molecule has 0 saturated heterocycles. The van der Waals surface area contributed by atoms with Crippen molar-refractivity contribution in [3.63, 3.8) is 0 Å². The fourth-order valence-electron chi connectivity index (χ4n) is 2.40. The van der Waals surface area contributed by atoms with E-state index in [0.29, 0.717) is 18.2 Å². The number of H-pyrrole nitrogens is 1. The van der Waals surface area contributed by atoms with Crippen LogP contribution in [0.4, 0.5) is 0 Å². The number of nitrogens with one attached hydrogen (secondary N) is 2. The summed E-state index contributed by atoms with van der Waals surface area (Å²) in [5, 5.41) is 6.10. The summed E-state index contributed by atoms with van der Waals surface area (Å²) in [4.78, 5) is 20.6. The Hall–Kier alpha value is -2.86. The van der Waals surface area contributed by atoms with Crippen LogP contribution in [-0.2, 0) is 16.1 Å². The van der Waals surface area contributed by atoms with E-state index in [4.69, 9.17) is 4.74 Å². The molecule has 5 nitrogen and oxygen atoms in total. The first kappa shape index (κ1) is 13.8. The summed E-state index contributed by atoms with van der Waals surface area (Å²) in [6.07, 6.45) is 6.76. The molecule has 0 spiro atoms. The van der Waals surface area contributed by atoms with E-state index in [0.717, 1.165) is 16.6 Å². The van der Waals surface area contributed by atoms with Gasteiger partial charge in [-0.1, -0.05) is 6.07 Å². The van der Waals surface area contributed by atoms with Gasteiger partial charge < -0.3 is 15.0 Å². The highest BCUT2D eigenvalue weighted by atomic mass is 32.1. The number of hydrogen-bond acceptors (Lipinski definition) is 5. The zero-order valence-electron chi connectivity index (χ0n) is 12.1. The molecule has 0 atom stereocenters. The van der Waals surface area contributed by atoms with Gasteiger partial charge in [0.2, 0.25) is 5.78 Å². The number of hydrogen-bond donors (Lipinski definition) is 2. The molecule has 4 rings (SSSR count). The van der Waals surface area contributed by atoms with Gasteiger partial charge in [0.25, 0.3) is 0 Å². The highest BCUT2D eigenvalue weighted by Crippen LogP contribution is 2.23. The van der Waals surface area contributed by atoms with Crippen molar-refractivity contribution in [1.29, 1.82) is 0 Å². The molecule has 2 N–H and O–H groups in total. The number of ether oxygens (including phenoxy) is 1. The van der Waals surface area contributed by atoms with Crippen molar-refractivity contribution in [2.45, 2.75) is 6.54 Å². The molecule has 0 radical (unpaired) electrons. The number of aromatic nitrogens is 2. The van der Waals surface area contributed by atoms with Crippen LogP contribution in [0.15, 0.2) is 59.8 Å². The molecule has 114 valence electrons. The Morgan fingerprint density at radius 1 is 1.35 bits per heavy atom. The third kappa shape index (κ3) is 2.76. The maximum Gasteiger partial charge on any atom is 0.226 e. The lowest BCUT2D eigenvalue weighted by atomic mass is 10.2. The van der Waals surface area contributed by atoms with E-state index < -0.39 is 0 Å². The number of rotatable bonds is 4. The summed E-state index contributed by atoms with van der Waals surface area (Å²) >= 11 is 1.66. The Bertz CT molecular complexity index is 922. The normalized spacial score (nSPS) is 15.9. The zero-order valence-corrected chi connectivity index (χ0v) is 12.9. The predicted octanol–water partition coefficient (Wildman–Crippen LogP) is 3.20. The number of nitrogens with zero attached hydrogens (tertiary/aromatic N) is 1. The van der Waals surface area contributed by atoms with Crippen LogP contribution in [-0.4, -0.2) is 15.8 Å². The quantitative estimate of drug-likeness (QED) is 0.724. The van der Waals surface area contributed by atoms with Crippen molar-refractivity contribution in [1.82, 2.24) is 15.3 Å². The van der Waals surface area contributed by atoms with Crippen molar-refractivity contribution in [3.8, 4) is 0 Å². The van der Waals surface area contributed by atoms with E-state index in [1.54, 1.807) is 23.6 Å². The van der Waals surface area contributed by atoms with Crippen molar-refractivity contribution in [2.24, 2.45) is 0 Å². The smallest absolute Gasteiger partial charge is 0.226 e. The van der Waals surface area contributed by atoms with Gasteiger partial charge in [0.1, 0.15) is 5.65 Å². The Morgan fingerprint density at radius 2 is 2.30 bits per heavy atom. The molecule has 0 fully saturated rings. The molecule has 0 aliphatic carbocycles. The van der Waals surface area contributed by atoms with E-state index in [9.17, 15) is 4.79 Å². The van der Waals surface area contributed by atoms with Gasteiger partial charge in [-0.2, -0.15) is 0 Å². The zero-order chi connectivity index (χ0) is 15.6. The fourth-order valence-corrected chi connectivity index (χ4v) is 3.05. The summed E-state index contributed by atoms with van der Waals surface area (Å²) < 4.78 is 5.63. The highest BCUT2D eigenvalue weighted by molar-refractivity contribution is 7.09. The van der Waals surface area contributed by atoms with Gasteiger partial charge in [-0.25, -0.2) is 4.98 Å². The molecule has 23 heavy (non-hydrogen) atoms. The Labute approximate surface area is 136 Å². The molecule has 0 saturated carbocycles. The minimum atomic E-state index is -0.142. The molecule has 1 aliphatic rings. The number of pyridine rings is 1. The number of fused-ring (bicyclic) bond motifs is 1. The lowest BCUT2D eigenvalue weighted by molar-refractivity contribution is -0.112. The first-order valence-electron chi connectivity index (χ1n) is 7.13. The Morgan fingerprint density at radius 3 is 3.17 bits per heavy atom. The van der Waals surface area contributed by atoms with Crippen molar-refractivity contribution >= 4 is 34.2 Å². The lowest BCUT2D eigenvalue weighted by Gasteiger charge is -2.06. The van der Waals surface area contributed by atoms with Crippen LogP contribution < -0.4 is 5.32 Å².